The third kappa shape index (κ3) is 7.99. The van der Waals surface area contributed by atoms with E-state index in [1.54, 1.807) is 54.3 Å². The van der Waals surface area contributed by atoms with Crippen molar-refractivity contribution in [3.63, 3.8) is 0 Å². The van der Waals surface area contributed by atoms with Crippen molar-refractivity contribution in [2.24, 2.45) is 5.10 Å². The first kappa shape index (κ1) is 30.5. The molecule has 14 heteroatoms. The summed E-state index contributed by atoms with van der Waals surface area (Å²) in [5, 5.41) is 18.7. The molecule has 1 aromatic carbocycles. The Bertz CT molecular complexity index is 1100. The zero-order valence-electron chi connectivity index (χ0n) is 20.9. The monoisotopic (exact) mass is 675 g/mol. The van der Waals surface area contributed by atoms with Crippen molar-refractivity contribution in [1.29, 1.82) is 5.26 Å². The Kier molecular flexibility index (Phi) is 12.0. The predicted octanol–water partition coefficient (Wildman–Crippen LogP) is 2.20. The van der Waals surface area contributed by atoms with Gasteiger partial charge in [-0.2, -0.15) is 10.4 Å². The van der Waals surface area contributed by atoms with Crippen molar-refractivity contribution in [2.45, 2.75) is 41.7 Å². The third-order valence-electron chi connectivity index (χ3n) is 6.34. The summed E-state index contributed by atoms with van der Waals surface area (Å²) in [7, 11) is 0.363. The van der Waals surface area contributed by atoms with E-state index in [0.29, 0.717) is 50.1 Å². The number of nitrogens with zero attached hydrogens (tertiary/aromatic N) is 2. The van der Waals surface area contributed by atoms with Gasteiger partial charge in [-0.3, -0.25) is 18.0 Å². The van der Waals surface area contributed by atoms with Crippen LogP contribution in [0, 0.1) is 11.3 Å². The molecule has 2 fully saturated rings. The second-order valence-electron chi connectivity index (χ2n) is 8.95. The van der Waals surface area contributed by atoms with Crippen molar-refractivity contribution >= 4 is 64.2 Å². The summed E-state index contributed by atoms with van der Waals surface area (Å²) < 4.78 is 28.4. The second kappa shape index (κ2) is 14.9. The number of amides is 2. The molecule has 0 spiro atoms. The van der Waals surface area contributed by atoms with Gasteiger partial charge in [0.05, 0.1) is 36.2 Å². The van der Waals surface area contributed by atoms with Crippen LogP contribution in [0.15, 0.2) is 41.0 Å². The number of rotatable bonds is 17. The van der Waals surface area contributed by atoms with Crippen LogP contribution in [0.25, 0.3) is 0 Å². The van der Waals surface area contributed by atoms with E-state index in [4.69, 9.17) is 16.7 Å². The summed E-state index contributed by atoms with van der Waals surface area (Å²) in [6.07, 6.45) is 4.94. The average molecular weight is 676 g/mol. The van der Waals surface area contributed by atoms with Gasteiger partial charge in [-0.1, -0.05) is 18.2 Å². The topological polar surface area (TPSA) is 151 Å². The number of hydrogen-bond donors (Lipinski definition) is 3. The molecule has 1 saturated carbocycles. The Labute approximate surface area is 243 Å². The summed E-state index contributed by atoms with van der Waals surface area (Å²) in [6, 6.07) is 9.00. The zero-order valence-corrected chi connectivity index (χ0v) is 24.7. The minimum atomic E-state index is -1.24. The van der Waals surface area contributed by atoms with Crippen LogP contribution in [0.2, 0.25) is 0 Å². The highest BCUT2D eigenvalue weighted by molar-refractivity contribution is 14.1. The quantitative estimate of drug-likeness (QED) is 0.0564. The first-order chi connectivity index (χ1) is 18.4. The molecule has 3 rings (SSSR count). The molecule has 1 heterocycles. The highest BCUT2D eigenvalue weighted by atomic mass is 127. The smallest absolute Gasteiger partial charge is 0.272 e. The number of hydrazone groups is 1. The lowest BCUT2D eigenvalue weighted by atomic mass is 10.0. The van der Waals surface area contributed by atoms with Crippen LogP contribution < -0.4 is 16.1 Å². The van der Waals surface area contributed by atoms with Gasteiger partial charge in [0.15, 0.2) is 18.0 Å². The van der Waals surface area contributed by atoms with E-state index in [-0.39, 0.29) is 24.8 Å². The molecule has 2 aliphatic rings. The van der Waals surface area contributed by atoms with Gasteiger partial charge in [0.2, 0.25) is 6.41 Å². The number of ether oxygens (including phenoxy) is 1. The number of carbonyl (C=O) groups is 2. The van der Waals surface area contributed by atoms with E-state index in [1.165, 1.54) is 0 Å². The molecule has 1 aliphatic carbocycles. The number of nitriles is 1. The maximum atomic E-state index is 13.7. The molecule has 1 unspecified atom stereocenters. The van der Waals surface area contributed by atoms with E-state index >= 15 is 0 Å². The number of carbonyl (C=O) groups excluding carboxylic acids is 2. The fraction of sp³-hybridized carbons (Fsp3) is 0.500. The second-order valence-corrected chi connectivity index (χ2v) is 12.8. The standard InChI is InChI=1S/C24H30IN5O6S2/c1-27-30-21(22(32)29-13-19-4-2-18(12-26)3-5-19)20(7-11-28-17-31)6-8-23(9-10-23)38(33)24(14-34-15-24)16-35-37-36-25/h2-6,17,27H,7-11,13-16H2,1H3,(H,28,31)(H,29,32)/b20-6+,30-21+. The Morgan fingerprint density at radius 1 is 1.32 bits per heavy atom. The van der Waals surface area contributed by atoms with Crippen LogP contribution in [0.1, 0.15) is 36.8 Å². The molecular formula is C24H30IN5O6S2. The maximum Gasteiger partial charge on any atom is 0.272 e. The van der Waals surface area contributed by atoms with Gasteiger partial charge in [0.25, 0.3) is 5.91 Å². The maximum absolute atomic E-state index is 13.7. The van der Waals surface area contributed by atoms with E-state index in [0.717, 1.165) is 30.7 Å². The van der Waals surface area contributed by atoms with Crippen LogP contribution in [-0.4, -0.2) is 65.1 Å². The Balaban J connectivity index is 1.74. The number of nitrogens with one attached hydrogen (secondary N) is 3. The fourth-order valence-corrected chi connectivity index (χ4v) is 6.89. The molecule has 2 amide bonds. The number of benzene rings is 1. The predicted molar refractivity (Wildman–Crippen MR) is 153 cm³/mol. The minimum absolute atomic E-state index is 0.191. The van der Waals surface area contributed by atoms with Gasteiger partial charge in [-0.05, 0) is 49.0 Å². The van der Waals surface area contributed by atoms with Crippen molar-refractivity contribution in [2.75, 3.05) is 33.4 Å². The molecule has 206 valence electrons. The Morgan fingerprint density at radius 3 is 2.61 bits per heavy atom. The first-order valence-corrected chi connectivity index (χ1v) is 14.6. The summed E-state index contributed by atoms with van der Waals surface area (Å²) in [6.45, 7) is 1.53. The van der Waals surface area contributed by atoms with Gasteiger partial charge in [0.1, 0.15) is 27.8 Å². The molecule has 3 N–H and O–H groups in total. The van der Waals surface area contributed by atoms with E-state index in [1.807, 2.05) is 6.08 Å². The van der Waals surface area contributed by atoms with Crippen molar-refractivity contribution in [3.8, 4) is 6.07 Å². The number of halogens is 1. The van der Waals surface area contributed by atoms with Crippen LogP contribution in [0.5, 0.6) is 0 Å². The molecule has 1 aromatic rings. The summed E-state index contributed by atoms with van der Waals surface area (Å²) in [5.74, 6) is -0.389. The van der Waals surface area contributed by atoms with Crippen LogP contribution in [0.4, 0.5) is 0 Å². The third-order valence-corrected chi connectivity index (χ3v) is 9.55. The van der Waals surface area contributed by atoms with E-state index in [9.17, 15) is 13.8 Å². The fourth-order valence-electron chi connectivity index (χ4n) is 4.02. The van der Waals surface area contributed by atoms with Crippen LogP contribution in [0.3, 0.4) is 0 Å². The zero-order chi connectivity index (χ0) is 27.4. The lowest BCUT2D eigenvalue weighted by Crippen LogP contribution is -2.59. The molecular weight excluding hydrogens is 645 g/mol. The normalized spacial score (nSPS) is 18.4. The number of hydrogen-bond acceptors (Lipinski definition) is 10. The lowest BCUT2D eigenvalue weighted by molar-refractivity contribution is -0.115. The highest BCUT2D eigenvalue weighted by Gasteiger charge is 2.58. The van der Waals surface area contributed by atoms with Crippen molar-refractivity contribution in [1.82, 2.24) is 16.1 Å². The summed E-state index contributed by atoms with van der Waals surface area (Å²) in [4.78, 5) is 24.0. The summed E-state index contributed by atoms with van der Waals surface area (Å²) in [5.41, 5.74) is 4.89. The van der Waals surface area contributed by atoms with E-state index in [2.05, 4.69) is 27.2 Å². The Morgan fingerprint density at radius 2 is 2.05 bits per heavy atom. The SMILES string of the molecule is CN/N=C(C(=O)NCc1ccc(C#N)cc1)\C(=C\CC1(S(=O)C2(COSOI)COC2)CC1)CCNC=O. The van der Waals surface area contributed by atoms with E-state index < -0.39 is 20.3 Å². The largest absolute Gasteiger partial charge is 0.378 e. The molecule has 11 nitrogen and oxygen atoms in total. The highest BCUT2D eigenvalue weighted by Crippen LogP contribution is 2.50. The molecule has 0 radical (unpaired) electrons. The molecule has 38 heavy (non-hydrogen) atoms. The van der Waals surface area contributed by atoms with Gasteiger partial charge >= 0.3 is 0 Å². The lowest BCUT2D eigenvalue weighted by Gasteiger charge is -2.41. The minimum Gasteiger partial charge on any atom is -0.378 e. The first-order valence-electron chi connectivity index (χ1n) is 11.9. The molecule has 1 saturated heterocycles. The van der Waals surface area contributed by atoms with Crippen molar-refractivity contribution < 1.29 is 25.2 Å². The average Bonchev–Trinajstić information content (AvgIpc) is 3.71. The summed E-state index contributed by atoms with van der Waals surface area (Å²) >= 11 is 2.56. The van der Waals surface area contributed by atoms with Crippen LogP contribution in [-0.2, 0) is 38.4 Å². The van der Waals surface area contributed by atoms with Gasteiger partial charge in [-0.25, -0.2) is 2.51 Å². The van der Waals surface area contributed by atoms with Crippen LogP contribution >= 0.6 is 35.3 Å². The Hall–Kier alpha value is -2.03. The van der Waals surface area contributed by atoms with Crippen molar-refractivity contribution in [3.05, 3.63) is 47.0 Å². The molecule has 1 atom stereocenters. The molecule has 1 aliphatic heterocycles. The van der Waals surface area contributed by atoms with Gasteiger partial charge < -0.3 is 20.8 Å². The van der Waals surface area contributed by atoms with Gasteiger partial charge in [0, 0.05) is 30.9 Å². The molecule has 0 aromatic heterocycles. The van der Waals surface area contributed by atoms with Gasteiger partial charge in [-0.15, -0.1) is 0 Å². The number of allylic oxidation sites excluding steroid dienone is 1. The molecule has 0 bridgehead atoms.